The van der Waals surface area contributed by atoms with Crippen molar-refractivity contribution in [2.45, 2.75) is 36.9 Å². The Bertz CT molecular complexity index is 1320. The van der Waals surface area contributed by atoms with E-state index in [2.05, 4.69) is 21.2 Å². The number of benzene rings is 2. The van der Waals surface area contributed by atoms with Gasteiger partial charge in [0.05, 0.1) is 67.4 Å². The van der Waals surface area contributed by atoms with Crippen LogP contribution in [0.3, 0.4) is 0 Å². The lowest BCUT2D eigenvalue weighted by Crippen LogP contribution is -2.61. The zero-order chi connectivity index (χ0) is 32.3. The van der Waals surface area contributed by atoms with Gasteiger partial charge in [-0.3, -0.25) is 9.80 Å². The van der Waals surface area contributed by atoms with Gasteiger partial charge in [0.25, 0.3) is 0 Å². The molecule has 0 aromatic heterocycles. The Kier molecular flexibility index (Phi) is 12.0. The highest BCUT2D eigenvalue weighted by molar-refractivity contribution is 5.65. The topological polar surface area (TPSA) is 164 Å². The molecule has 1 amide bonds. The van der Waals surface area contributed by atoms with Gasteiger partial charge in [0.15, 0.2) is 0 Å². The number of β-amino-alcohol motifs (C(OH)–C–C–N with tert-alkyl or cyclic N) is 1. The summed E-state index contributed by atoms with van der Waals surface area (Å²) in [5, 5.41) is 40.2. The van der Waals surface area contributed by atoms with E-state index in [1.54, 1.807) is 36.4 Å². The second kappa shape index (κ2) is 16.6. The van der Waals surface area contributed by atoms with E-state index in [9.17, 15) is 9.90 Å². The lowest BCUT2D eigenvalue weighted by molar-refractivity contribution is -0.136. The summed E-state index contributed by atoms with van der Waals surface area (Å²) in [4.78, 5) is 17.0. The summed E-state index contributed by atoms with van der Waals surface area (Å²) < 4.78 is 22.9. The molecular weight excluding hydrogens is 592 g/mol. The molecule has 5 atom stereocenters. The summed E-state index contributed by atoms with van der Waals surface area (Å²) in [7, 11) is 0. The number of fused-ring (bicyclic) bond motifs is 4. The number of hydrogen-bond donors (Lipinski definition) is 3. The minimum Gasteiger partial charge on any atom is -0.494 e. The molecule has 3 N–H and O–H groups in total. The smallest absolute Gasteiger partial charge is 0.407 e. The van der Waals surface area contributed by atoms with Gasteiger partial charge in [-0.15, -0.1) is 0 Å². The molecule has 6 rings (SSSR count). The van der Waals surface area contributed by atoms with Crippen molar-refractivity contribution in [3.8, 4) is 23.6 Å². The van der Waals surface area contributed by atoms with Crippen LogP contribution in [0.1, 0.15) is 17.5 Å². The van der Waals surface area contributed by atoms with Crippen molar-refractivity contribution in [2.24, 2.45) is 0 Å². The monoisotopic (exact) mass is 634 g/mol. The molecule has 2 aromatic carbocycles. The molecule has 4 heterocycles. The number of morpholine rings is 4. The molecule has 4 bridgehead atoms. The molecular formula is C33H42N6O7. The van der Waals surface area contributed by atoms with Gasteiger partial charge in [0.1, 0.15) is 24.2 Å². The summed E-state index contributed by atoms with van der Waals surface area (Å²) in [5.41, 5.74) is 1.22. The fraction of sp³-hybridized carbons (Fsp3) is 0.545. The first-order valence-corrected chi connectivity index (χ1v) is 15.7. The fourth-order valence-electron chi connectivity index (χ4n) is 6.18. The van der Waals surface area contributed by atoms with Crippen molar-refractivity contribution in [1.82, 2.24) is 20.0 Å². The second-order valence-corrected chi connectivity index (χ2v) is 12.0. The number of carboxylic acid groups (broad SMARTS) is 1. The maximum atomic E-state index is 11.1. The highest BCUT2D eigenvalue weighted by atomic mass is 16.5. The Balaban J connectivity index is 0.000000184. The van der Waals surface area contributed by atoms with Crippen LogP contribution in [0.5, 0.6) is 11.5 Å². The third-order valence-corrected chi connectivity index (χ3v) is 8.25. The molecule has 0 saturated carbocycles. The van der Waals surface area contributed by atoms with Crippen LogP contribution in [-0.2, 0) is 9.47 Å². The summed E-state index contributed by atoms with van der Waals surface area (Å²) in [5.74, 6) is 1.44. The zero-order valence-corrected chi connectivity index (χ0v) is 25.9. The maximum absolute atomic E-state index is 11.1. The number of nitriles is 2. The van der Waals surface area contributed by atoms with Crippen LogP contribution in [0.2, 0.25) is 0 Å². The number of nitrogens with one attached hydrogen (secondary N) is 1. The molecule has 13 nitrogen and oxygen atoms in total. The van der Waals surface area contributed by atoms with Gasteiger partial charge in [-0.2, -0.15) is 10.5 Å². The quantitative estimate of drug-likeness (QED) is 0.322. The lowest BCUT2D eigenvalue weighted by Gasteiger charge is -2.45. The predicted octanol–water partition coefficient (Wildman–Crippen LogP) is 1.36. The summed E-state index contributed by atoms with van der Waals surface area (Å²) >= 11 is 0. The Morgan fingerprint density at radius 2 is 1.35 bits per heavy atom. The molecule has 0 spiro atoms. The summed E-state index contributed by atoms with van der Waals surface area (Å²) in [6.07, 6.45) is -0.195. The van der Waals surface area contributed by atoms with E-state index in [4.69, 9.17) is 34.6 Å². The zero-order valence-electron chi connectivity index (χ0n) is 25.9. The highest BCUT2D eigenvalue weighted by Gasteiger charge is 2.37. The third-order valence-electron chi connectivity index (χ3n) is 8.25. The van der Waals surface area contributed by atoms with E-state index in [-0.39, 0.29) is 18.8 Å². The minimum atomic E-state index is -0.914. The Morgan fingerprint density at radius 1 is 0.826 bits per heavy atom. The average Bonchev–Trinajstić information content (AvgIpc) is 3.06. The largest absolute Gasteiger partial charge is 0.494 e. The van der Waals surface area contributed by atoms with Crippen molar-refractivity contribution in [3.05, 3.63) is 59.7 Å². The number of amides is 1. The van der Waals surface area contributed by atoms with Gasteiger partial charge in [0.2, 0.25) is 0 Å². The van der Waals surface area contributed by atoms with Crippen LogP contribution in [0.25, 0.3) is 0 Å². The normalized spacial score (nSPS) is 24.8. The average molecular weight is 635 g/mol. The van der Waals surface area contributed by atoms with E-state index in [1.165, 1.54) is 4.90 Å². The van der Waals surface area contributed by atoms with E-state index >= 15 is 0 Å². The van der Waals surface area contributed by atoms with E-state index in [0.717, 1.165) is 44.9 Å². The molecule has 46 heavy (non-hydrogen) atoms. The van der Waals surface area contributed by atoms with Crippen LogP contribution in [-0.4, -0.2) is 140 Å². The first-order valence-electron chi connectivity index (χ1n) is 15.7. The maximum Gasteiger partial charge on any atom is 0.407 e. The SMILES string of the molecule is N#Cc1ccc(OCCCN2CC3CNCC(C2)O3)cc1.N#Cc1ccc(OC[C@@H](O)CN2CC3CN(C(=O)O)CC(C2)O3)cc1. The van der Waals surface area contributed by atoms with Crippen LogP contribution >= 0.6 is 0 Å². The minimum absolute atomic E-state index is 0.153. The van der Waals surface area contributed by atoms with E-state index in [0.29, 0.717) is 68.4 Å². The first-order chi connectivity index (χ1) is 22.4. The third kappa shape index (κ3) is 10.0. The van der Waals surface area contributed by atoms with Crippen molar-refractivity contribution in [2.75, 3.05) is 78.7 Å². The molecule has 0 aliphatic carbocycles. The molecule has 246 valence electrons. The van der Waals surface area contributed by atoms with Gasteiger partial charge in [-0.25, -0.2) is 4.79 Å². The van der Waals surface area contributed by atoms with Crippen LogP contribution < -0.4 is 14.8 Å². The molecule has 2 aromatic rings. The van der Waals surface area contributed by atoms with E-state index in [1.807, 2.05) is 18.2 Å². The molecule has 13 heteroatoms. The highest BCUT2D eigenvalue weighted by Crippen LogP contribution is 2.20. The van der Waals surface area contributed by atoms with Gasteiger partial charge >= 0.3 is 6.09 Å². The first kappa shape index (κ1) is 33.4. The standard InChI is InChI=1S/C17H21N3O5.C16H21N3O2/c18-5-12-1-3-14(4-2-12)24-11-13(21)6-19-7-15-9-20(17(22)23)10-16(8-19)25-15;17-8-13-2-4-14(5-3-13)20-7-1-6-19-11-15-9-18-10-16(12-19)21-15/h1-4,13,15-16,21H,6-11H2,(H,22,23);2-5,15-16,18H,1,6-7,9-12H2/t13-,15?,16?;/m0./s1. The molecule has 4 aliphatic rings. The van der Waals surface area contributed by atoms with Crippen LogP contribution in [0.15, 0.2) is 48.5 Å². The molecule has 4 aliphatic heterocycles. The second-order valence-electron chi connectivity index (χ2n) is 12.0. The molecule has 4 saturated heterocycles. The van der Waals surface area contributed by atoms with Gasteiger partial charge < -0.3 is 39.4 Å². The number of aliphatic hydroxyl groups excluding tert-OH is 1. The fourth-order valence-corrected chi connectivity index (χ4v) is 6.18. The van der Waals surface area contributed by atoms with Crippen LogP contribution in [0, 0.1) is 22.7 Å². The van der Waals surface area contributed by atoms with Crippen LogP contribution in [0.4, 0.5) is 4.79 Å². The number of aliphatic hydroxyl groups is 1. The predicted molar refractivity (Wildman–Crippen MR) is 167 cm³/mol. The van der Waals surface area contributed by atoms with Crippen molar-refractivity contribution in [3.63, 3.8) is 0 Å². The van der Waals surface area contributed by atoms with Gasteiger partial charge in [-0.05, 0) is 55.0 Å². The Labute approximate surface area is 269 Å². The molecule has 4 unspecified atom stereocenters. The number of carbonyl (C=O) groups is 1. The number of ether oxygens (including phenoxy) is 4. The summed E-state index contributed by atoms with van der Waals surface area (Å²) in [6.45, 7) is 8.22. The Hall–Kier alpha value is -3.95. The molecule has 4 fully saturated rings. The number of hydrogen-bond acceptors (Lipinski definition) is 11. The number of nitrogens with zero attached hydrogens (tertiary/aromatic N) is 5. The lowest BCUT2D eigenvalue weighted by atomic mass is 10.1. The van der Waals surface area contributed by atoms with Crippen molar-refractivity contribution < 1.29 is 34.0 Å². The molecule has 0 radical (unpaired) electrons. The van der Waals surface area contributed by atoms with Gasteiger partial charge in [-0.1, -0.05) is 0 Å². The number of rotatable bonds is 10. The summed E-state index contributed by atoms with van der Waals surface area (Å²) in [6, 6.07) is 18.1. The Morgan fingerprint density at radius 3 is 1.89 bits per heavy atom. The van der Waals surface area contributed by atoms with Crippen molar-refractivity contribution in [1.29, 1.82) is 10.5 Å². The van der Waals surface area contributed by atoms with E-state index < -0.39 is 12.2 Å². The van der Waals surface area contributed by atoms with Gasteiger partial charge in [0, 0.05) is 52.4 Å². The van der Waals surface area contributed by atoms with Crippen molar-refractivity contribution >= 4 is 6.09 Å².